The van der Waals surface area contributed by atoms with Gasteiger partial charge in [-0.15, -0.1) is 0 Å². The zero-order chi connectivity index (χ0) is 12.3. The van der Waals surface area contributed by atoms with Crippen LogP contribution < -0.4 is 10.1 Å². The van der Waals surface area contributed by atoms with E-state index in [1.807, 2.05) is 0 Å². The number of hydrogen-bond acceptors (Lipinski definition) is 2. The third-order valence-electron chi connectivity index (χ3n) is 3.15. The third-order valence-corrected chi connectivity index (χ3v) is 3.15. The van der Waals surface area contributed by atoms with E-state index in [4.69, 9.17) is 4.74 Å². The van der Waals surface area contributed by atoms with Gasteiger partial charge in [-0.1, -0.05) is 23.8 Å². The van der Waals surface area contributed by atoms with Gasteiger partial charge >= 0.3 is 0 Å². The fourth-order valence-electron chi connectivity index (χ4n) is 2.03. The first-order valence-corrected chi connectivity index (χ1v) is 6.29. The quantitative estimate of drug-likeness (QED) is 0.803. The van der Waals surface area contributed by atoms with Gasteiger partial charge in [-0.3, -0.25) is 0 Å². The second-order valence-electron chi connectivity index (χ2n) is 4.88. The predicted octanol–water partition coefficient (Wildman–Crippen LogP) is 3.24. The van der Waals surface area contributed by atoms with E-state index < -0.39 is 0 Å². The van der Waals surface area contributed by atoms with Gasteiger partial charge < -0.3 is 10.1 Å². The maximum absolute atomic E-state index is 5.52. The summed E-state index contributed by atoms with van der Waals surface area (Å²) in [6, 6.07) is 6.90. The molecule has 17 heavy (non-hydrogen) atoms. The normalized spacial score (nSPS) is 15.0. The molecule has 1 aliphatic rings. The number of nitrogens with one attached hydrogen (secondary N) is 1. The highest BCUT2D eigenvalue weighted by Gasteiger charge is 2.13. The van der Waals surface area contributed by atoms with Crippen LogP contribution >= 0.6 is 0 Å². The van der Waals surface area contributed by atoms with Crippen molar-refractivity contribution in [2.24, 2.45) is 0 Å². The molecule has 2 rings (SSSR count). The number of rotatable bonds is 4. The van der Waals surface area contributed by atoms with Crippen molar-refractivity contribution < 1.29 is 4.74 Å². The van der Waals surface area contributed by atoms with Crippen molar-refractivity contribution in [2.75, 3.05) is 13.2 Å². The lowest BCUT2D eigenvalue weighted by Gasteiger charge is -2.14. The Morgan fingerprint density at radius 3 is 3.06 bits per heavy atom. The molecule has 1 aromatic rings. The smallest absolute Gasteiger partial charge is 0.122 e. The maximum atomic E-state index is 5.52. The van der Waals surface area contributed by atoms with E-state index in [1.54, 1.807) is 0 Å². The van der Waals surface area contributed by atoms with Gasteiger partial charge in [-0.05, 0) is 38.0 Å². The first-order valence-electron chi connectivity index (χ1n) is 6.29. The van der Waals surface area contributed by atoms with E-state index in [9.17, 15) is 0 Å². The minimum atomic E-state index is 0.386. The molecule has 0 spiro atoms. The fraction of sp³-hybridized carbons (Fsp3) is 0.467. The molecular weight excluding hydrogens is 210 g/mol. The Hall–Kier alpha value is -1.28. The van der Waals surface area contributed by atoms with E-state index in [-0.39, 0.29) is 0 Å². The van der Waals surface area contributed by atoms with Gasteiger partial charge in [0.1, 0.15) is 5.75 Å². The summed E-state index contributed by atoms with van der Waals surface area (Å²) in [7, 11) is 0. The van der Waals surface area contributed by atoms with E-state index >= 15 is 0 Å². The molecule has 92 valence electrons. The summed E-state index contributed by atoms with van der Waals surface area (Å²) in [5.74, 6) is 1.06. The van der Waals surface area contributed by atoms with Crippen LogP contribution in [-0.4, -0.2) is 13.2 Å². The van der Waals surface area contributed by atoms with Crippen LogP contribution in [0.2, 0.25) is 0 Å². The molecule has 1 N–H and O–H groups in total. The van der Waals surface area contributed by atoms with E-state index in [0.29, 0.717) is 6.04 Å². The highest BCUT2D eigenvalue weighted by molar-refractivity contribution is 5.40. The summed E-state index contributed by atoms with van der Waals surface area (Å²) in [6.07, 6.45) is 3.26. The summed E-state index contributed by atoms with van der Waals surface area (Å²) in [5.41, 5.74) is 4.04. The maximum Gasteiger partial charge on any atom is 0.122 e. The average Bonchev–Trinajstić information content (AvgIpc) is 2.75. The zero-order valence-electron chi connectivity index (χ0n) is 10.9. The fourth-order valence-corrected chi connectivity index (χ4v) is 2.03. The van der Waals surface area contributed by atoms with E-state index in [1.165, 1.54) is 16.7 Å². The van der Waals surface area contributed by atoms with Crippen LogP contribution in [0.4, 0.5) is 0 Å². The molecule has 0 aliphatic carbocycles. The van der Waals surface area contributed by atoms with Crippen LogP contribution in [0.1, 0.15) is 37.9 Å². The van der Waals surface area contributed by atoms with Crippen molar-refractivity contribution in [3.05, 3.63) is 41.0 Å². The molecule has 1 aromatic carbocycles. The number of benzene rings is 1. The minimum Gasteiger partial charge on any atom is -0.493 e. The van der Waals surface area contributed by atoms with Gasteiger partial charge in [0.25, 0.3) is 0 Å². The lowest BCUT2D eigenvalue weighted by Crippen LogP contribution is -2.18. The lowest BCUT2D eigenvalue weighted by atomic mass is 10.0. The first kappa shape index (κ1) is 12.2. The third kappa shape index (κ3) is 3.10. The Morgan fingerprint density at radius 1 is 1.47 bits per heavy atom. The minimum absolute atomic E-state index is 0.386. The monoisotopic (exact) mass is 231 g/mol. The van der Waals surface area contributed by atoms with Crippen LogP contribution in [0.15, 0.2) is 29.8 Å². The molecule has 0 saturated heterocycles. The Labute approximate surface area is 104 Å². The number of allylic oxidation sites excluding steroid dienone is 1. The van der Waals surface area contributed by atoms with Crippen molar-refractivity contribution in [3.63, 3.8) is 0 Å². The molecule has 0 saturated carbocycles. The van der Waals surface area contributed by atoms with Crippen molar-refractivity contribution in [3.8, 4) is 5.75 Å². The molecule has 2 nitrogen and oxygen atoms in total. The van der Waals surface area contributed by atoms with Gasteiger partial charge in [0.15, 0.2) is 0 Å². The molecular formula is C15H21NO. The molecule has 0 aromatic heterocycles. The van der Waals surface area contributed by atoms with Crippen molar-refractivity contribution >= 4 is 0 Å². The van der Waals surface area contributed by atoms with Crippen LogP contribution in [-0.2, 0) is 6.42 Å². The first-order chi connectivity index (χ1) is 8.16. The van der Waals surface area contributed by atoms with Crippen LogP contribution in [0.5, 0.6) is 5.75 Å². The van der Waals surface area contributed by atoms with Crippen LogP contribution in [0.3, 0.4) is 0 Å². The number of ether oxygens (including phenoxy) is 1. The van der Waals surface area contributed by atoms with Gasteiger partial charge in [0, 0.05) is 19.0 Å². The van der Waals surface area contributed by atoms with Gasteiger partial charge in [-0.2, -0.15) is 0 Å². The van der Waals surface area contributed by atoms with Gasteiger partial charge in [0.05, 0.1) is 6.61 Å². The second-order valence-corrected chi connectivity index (χ2v) is 4.88. The largest absolute Gasteiger partial charge is 0.493 e. The highest BCUT2D eigenvalue weighted by atomic mass is 16.5. The molecule has 1 atom stereocenters. The van der Waals surface area contributed by atoms with Crippen molar-refractivity contribution in [2.45, 2.75) is 33.2 Å². The number of hydrogen-bond donors (Lipinski definition) is 1. The van der Waals surface area contributed by atoms with Crippen molar-refractivity contribution in [1.29, 1.82) is 0 Å². The molecule has 0 bridgehead atoms. The van der Waals surface area contributed by atoms with Gasteiger partial charge in [0.2, 0.25) is 0 Å². The number of fused-ring (bicyclic) bond motifs is 1. The molecule has 2 heteroatoms. The Morgan fingerprint density at radius 2 is 2.29 bits per heavy atom. The molecule has 0 amide bonds. The molecule has 0 fully saturated rings. The lowest BCUT2D eigenvalue weighted by molar-refractivity contribution is 0.357. The van der Waals surface area contributed by atoms with Crippen LogP contribution in [0, 0.1) is 0 Å². The van der Waals surface area contributed by atoms with Gasteiger partial charge in [-0.25, -0.2) is 0 Å². The summed E-state index contributed by atoms with van der Waals surface area (Å²) in [4.78, 5) is 0. The summed E-state index contributed by atoms with van der Waals surface area (Å²) >= 11 is 0. The van der Waals surface area contributed by atoms with Crippen molar-refractivity contribution in [1.82, 2.24) is 5.32 Å². The SMILES string of the molecule is CC(C)=CCNC(C)c1ccc2c(c1)CCO2. The van der Waals surface area contributed by atoms with E-state index in [2.05, 4.69) is 50.4 Å². The van der Waals surface area contributed by atoms with E-state index in [0.717, 1.165) is 25.3 Å². The zero-order valence-corrected chi connectivity index (χ0v) is 10.9. The predicted molar refractivity (Wildman–Crippen MR) is 71.5 cm³/mol. The highest BCUT2D eigenvalue weighted by Crippen LogP contribution is 2.27. The Balaban J connectivity index is 1.99. The summed E-state index contributed by atoms with van der Waals surface area (Å²) in [6.45, 7) is 8.21. The summed E-state index contributed by atoms with van der Waals surface area (Å²) in [5, 5.41) is 3.50. The standard InChI is InChI=1S/C15H21NO/c1-11(2)6-8-16-12(3)13-4-5-15-14(10-13)7-9-17-15/h4-6,10,12,16H,7-9H2,1-3H3. The summed E-state index contributed by atoms with van der Waals surface area (Å²) < 4.78 is 5.52. The molecule has 1 unspecified atom stereocenters. The Bertz CT molecular complexity index is 419. The molecule has 1 aliphatic heterocycles. The molecule has 0 radical (unpaired) electrons. The average molecular weight is 231 g/mol. The van der Waals surface area contributed by atoms with Crippen LogP contribution in [0.25, 0.3) is 0 Å². The molecule has 1 heterocycles. The Kier molecular flexibility index (Phi) is 3.85. The topological polar surface area (TPSA) is 21.3 Å². The second kappa shape index (κ2) is 5.37.